The maximum atomic E-state index is 12.1. The van der Waals surface area contributed by atoms with Gasteiger partial charge in [-0.05, 0) is 40.4 Å². The van der Waals surface area contributed by atoms with Crippen molar-refractivity contribution >= 4 is 21.8 Å². The van der Waals surface area contributed by atoms with E-state index in [2.05, 4.69) is 20.9 Å². The molecule has 2 unspecified atom stereocenters. The number of piperidine rings is 1. The van der Waals surface area contributed by atoms with Gasteiger partial charge in [0.2, 0.25) is 0 Å². The lowest BCUT2D eigenvalue weighted by atomic mass is 9.96. The fourth-order valence-corrected chi connectivity index (χ4v) is 2.13. The van der Waals surface area contributed by atoms with E-state index in [1.165, 1.54) is 0 Å². The average molecular weight is 299 g/mol. The second-order valence-corrected chi connectivity index (χ2v) is 5.36. The molecule has 1 saturated heterocycles. The number of rotatable bonds is 1. The Balaban J connectivity index is 2.08. The Morgan fingerprint density at radius 1 is 1.59 bits per heavy atom. The van der Waals surface area contributed by atoms with Crippen molar-refractivity contribution in [2.45, 2.75) is 19.4 Å². The number of carbonyl (C=O) groups excluding carboxylic acids is 1. The summed E-state index contributed by atoms with van der Waals surface area (Å²) >= 11 is 3.28. The Morgan fingerprint density at radius 3 is 2.94 bits per heavy atom. The van der Waals surface area contributed by atoms with Crippen LogP contribution in [0.3, 0.4) is 0 Å². The lowest BCUT2D eigenvalue weighted by Gasteiger charge is -2.34. The summed E-state index contributed by atoms with van der Waals surface area (Å²) in [5.74, 6) is 0.153. The van der Waals surface area contributed by atoms with Crippen molar-refractivity contribution in [1.29, 1.82) is 0 Å². The van der Waals surface area contributed by atoms with E-state index in [9.17, 15) is 9.90 Å². The number of pyridine rings is 1. The molecule has 1 aromatic heterocycles. The molecule has 1 N–H and O–H groups in total. The monoisotopic (exact) mass is 298 g/mol. The van der Waals surface area contributed by atoms with E-state index < -0.39 is 6.10 Å². The Hall–Kier alpha value is -0.940. The first-order valence-corrected chi connectivity index (χ1v) is 6.46. The first kappa shape index (κ1) is 12.5. The maximum absolute atomic E-state index is 12.1. The van der Waals surface area contributed by atoms with Crippen molar-refractivity contribution in [2.75, 3.05) is 13.1 Å². The first-order valence-electron chi connectivity index (χ1n) is 5.67. The van der Waals surface area contributed by atoms with Gasteiger partial charge >= 0.3 is 0 Å². The van der Waals surface area contributed by atoms with Crippen molar-refractivity contribution < 1.29 is 9.90 Å². The van der Waals surface area contributed by atoms with Crippen LogP contribution in [-0.4, -0.2) is 40.1 Å². The number of aliphatic hydroxyl groups is 1. The molecule has 2 atom stereocenters. The van der Waals surface area contributed by atoms with Crippen LogP contribution in [-0.2, 0) is 0 Å². The van der Waals surface area contributed by atoms with Crippen molar-refractivity contribution in [2.24, 2.45) is 5.92 Å². The highest BCUT2D eigenvalue weighted by atomic mass is 79.9. The smallest absolute Gasteiger partial charge is 0.272 e. The van der Waals surface area contributed by atoms with Crippen LogP contribution in [0.1, 0.15) is 23.8 Å². The van der Waals surface area contributed by atoms with Crippen LogP contribution < -0.4 is 0 Å². The minimum Gasteiger partial charge on any atom is -0.391 e. The summed E-state index contributed by atoms with van der Waals surface area (Å²) in [6, 6.07) is 3.49. The highest BCUT2D eigenvalue weighted by molar-refractivity contribution is 9.10. The number of carbonyl (C=O) groups is 1. The van der Waals surface area contributed by atoms with Crippen LogP contribution >= 0.6 is 15.9 Å². The molecule has 1 aliphatic heterocycles. The third-order valence-electron chi connectivity index (χ3n) is 3.15. The standard InChI is InChI=1S/C12H15BrN2O2/c1-8-4-5-15(7-11(8)16)12(17)10-3-2-9(13)6-14-10/h2-3,6,8,11,16H,4-5,7H2,1H3. The van der Waals surface area contributed by atoms with Crippen molar-refractivity contribution in [1.82, 2.24) is 9.88 Å². The minimum absolute atomic E-state index is 0.108. The van der Waals surface area contributed by atoms with Gasteiger partial charge < -0.3 is 10.0 Å². The lowest BCUT2D eigenvalue weighted by Crippen LogP contribution is -2.46. The molecule has 0 aromatic carbocycles. The number of β-amino-alcohol motifs (C(OH)–C–C–N with tert-alkyl or cyclic N) is 1. The Labute approximate surface area is 109 Å². The summed E-state index contributed by atoms with van der Waals surface area (Å²) in [6.07, 6.45) is 2.02. The summed E-state index contributed by atoms with van der Waals surface area (Å²) in [6.45, 7) is 3.09. The van der Waals surface area contributed by atoms with Crippen LogP contribution in [0.2, 0.25) is 0 Å². The maximum Gasteiger partial charge on any atom is 0.272 e. The highest BCUT2D eigenvalue weighted by Gasteiger charge is 2.28. The van der Waals surface area contributed by atoms with Crippen LogP contribution in [0.5, 0.6) is 0 Å². The molecule has 4 nitrogen and oxygen atoms in total. The van der Waals surface area contributed by atoms with Crippen molar-refractivity contribution in [3.63, 3.8) is 0 Å². The van der Waals surface area contributed by atoms with Gasteiger partial charge in [-0.2, -0.15) is 0 Å². The van der Waals surface area contributed by atoms with Gasteiger partial charge in [-0.3, -0.25) is 4.79 Å². The number of aliphatic hydroxyl groups excluding tert-OH is 1. The normalized spacial score (nSPS) is 24.8. The molecule has 0 radical (unpaired) electrons. The van der Waals surface area contributed by atoms with Gasteiger partial charge in [-0.1, -0.05) is 6.92 Å². The van der Waals surface area contributed by atoms with Gasteiger partial charge in [-0.15, -0.1) is 0 Å². The second kappa shape index (κ2) is 5.14. The fourth-order valence-electron chi connectivity index (χ4n) is 1.90. The zero-order valence-electron chi connectivity index (χ0n) is 9.64. The summed E-state index contributed by atoms with van der Waals surface area (Å²) < 4.78 is 0.848. The molecule has 0 spiro atoms. The SMILES string of the molecule is CC1CCN(C(=O)c2ccc(Br)cn2)CC1O. The van der Waals surface area contributed by atoms with Crippen molar-refractivity contribution in [3.8, 4) is 0 Å². The van der Waals surface area contributed by atoms with E-state index >= 15 is 0 Å². The molecule has 2 rings (SSSR count). The zero-order valence-corrected chi connectivity index (χ0v) is 11.2. The van der Waals surface area contributed by atoms with Gasteiger partial charge in [-0.25, -0.2) is 4.98 Å². The number of nitrogens with zero attached hydrogens (tertiary/aromatic N) is 2. The molecule has 17 heavy (non-hydrogen) atoms. The molecule has 0 bridgehead atoms. The van der Waals surface area contributed by atoms with E-state index in [4.69, 9.17) is 0 Å². The van der Waals surface area contributed by atoms with Crippen LogP contribution in [0.4, 0.5) is 0 Å². The first-order chi connectivity index (χ1) is 8.08. The van der Waals surface area contributed by atoms with E-state index in [0.717, 1.165) is 10.9 Å². The lowest BCUT2D eigenvalue weighted by molar-refractivity contribution is 0.0245. The minimum atomic E-state index is -0.428. The molecule has 0 saturated carbocycles. The molecule has 1 aliphatic rings. The highest BCUT2D eigenvalue weighted by Crippen LogP contribution is 2.18. The number of hydrogen-bond donors (Lipinski definition) is 1. The summed E-state index contributed by atoms with van der Waals surface area (Å²) in [5.41, 5.74) is 0.426. The Morgan fingerprint density at radius 2 is 2.35 bits per heavy atom. The molecule has 1 aromatic rings. The van der Waals surface area contributed by atoms with E-state index in [1.807, 2.05) is 6.92 Å². The molecule has 5 heteroatoms. The van der Waals surface area contributed by atoms with E-state index in [-0.39, 0.29) is 11.8 Å². The number of likely N-dealkylation sites (tertiary alicyclic amines) is 1. The van der Waals surface area contributed by atoms with E-state index in [0.29, 0.717) is 18.8 Å². The van der Waals surface area contributed by atoms with Gasteiger partial charge in [0.1, 0.15) is 5.69 Å². The number of aromatic nitrogens is 1. The van der Waals surface area contributed by atoms with Crippen LogP contribution in [0.15, 0.2) is 22.8 Å². The topological polar surface area (TPSA) is 53.4 Å². The van der Waals surface area contributed by atoms with E-state index in [1.54, 1.807) is 23.2 Å². The zero-order chi connectivity index (χ0) is 12.4. The molecule has 1 fully saturated rings. The number of amides is 1. The summed E-state index contributed by atoms with van der Waals surface area (Å²) in [4.78, 5) is 17.8. The molecular weight excluding hydrogens is 284 g/mol. The predicted octanol–water partition coefficient (Wildman–Crippen LogP) is 1.69. The fraction of sp³-hybridized carbons (Fsp3) is 0.500. The summed E-state index contributed by atoms with van der Waals surface area (Å²) in [5, 5.41) is 9.77. The quantitative estimate of drug-likeness (QED) is 0.858. The third kappa shape index (κ3) is 2.84. The molecule has 0 aliphatic carbocycles. The Kier molecular flexibility index (Phi) is 3.79. The Bertz CT molecular complexity index is 407. The molecule has 2 heterocycles. The molecule has 1 amide bonds. The van der Waals surface area contributed by atoms with Gasteiger partial charge in [0, 0.05) is 23.8 Å². The molecular formula is C12H15BrN2O2. The second-order valence-electron chi connectivity index (χ2n) is 4.45. The van der Waals surface area contributed by atoms with Crippen molar-refractivity contribution in [3.05, 3.63) is 28.5 Å². The third-order valence-corrected chi connectivity index (χ3v) is 3.62. The number of hydrogen-bond acceptors (Lipinski definition) is 3. The average Bonchev–Trinajstić information content (AvgIpc) is 2.33. The van der Waals surface area contributed by atoms with Gasteiger partial charge in [0.25, 0.3) is 5.91 Å². The largest absolute Gasteiger partial charge is 0.391 e. The van der Waals surface area contributed by atoms with Gasteiger partial charge in [0.15, 0.2) is 0 Å². The van der Waals surface area contributed by atoms with Crippen LogP contribution in [0.25, 0.3) is 0 Å². The van der Waals surface area contributed by atoms with Crippen LogP contribution in [0, 0.1) is 5.92 Å². The van der Waals surface area contributed by atoms with Gasteiger partial charge in [0.05, 0.1) is 6.10 Å². The number of halogens is 1. The predicted molar refractivity (Wildman–Crippen MR) is 67.6 cm³/mol. The molecule has 92 valence electrons. The summed E-state index contributed by atoms with van der Waals surface area (Å²) in [7, 11) is 0.